The summed E-state index contributed by atoms with van der Waals surface area (Å²) in [5.41, 5.74) is 1.26. The van der Waals surface area contributed by atoms with Gasteiger partial charge in [0.1, 0.15) is 0 Å². The molecule has 0 saturated carbocycles. The van der Waals surface area contributed by atoms with Gasteiger partial charge in [0.05, 0.1) is 26.3 Å². The van der Waals surface area contributed by atoms with Crippen LogP contribution in [0.4, 0.5) is 13.2 Å². The van der Waals surface area contributed by atoms with E-state index in [0.29, 0.717) is 21.5 Å². The van der Waals surface area contributed by atoms with Gasteiger partial charge in [-0.1, -0.05) is 29.8 Å². The molecule has 3 radical (unpaired) electrons. The van der Waals surface area contributed by atoms with E-state index in [-0.39, 0.29) is 6.42 Å². The molecule has 0 bridgehead atoms. The zero-order valence-electron chi connectivity index (χ0n) is 12.1. The van der Waals surface area contributed by atoms with Crippen molar-refractivity contribution in [3.8, 4) is 0 Å². The van der Waals surface area contributed by atoms with Gasteiger partial charge in [-0.15, -0.1) is 0 Å². The van der Waals surface area contributed by atoms with Crippen molar-refractivity contribution in [2.24, 2.45) is 0 Å². The topological polar surface area (TPSA) is 12.9 Å². The van der Waals surface area contributed by atoms with Crippen LogP contribution in [-0.4, -0.2) is 15.2 Å². The predicted molar refractivity (Wildman–Crippen MR) is 99.1 cm³/mol. The van der Waals surface area contributed by atoms with Crippen molar-refractivity contribution >= 4 is 60.7 Å². The van der Waals surface area contributed by atoms with Crippen molar-refractivity contribution in [3.05, 3.63) is 67.7 Å². The number of alkyl halides is 3. The second-order valence-electron chi connectivity index (χ2n) is 5.29. The third kappa shape index (κ3) is 3.60. The molecule has 0 unspecified atom stereocenters. The average Bonchev–Trinajstić information content (AvgIpc) is 2.52. The lowest BCUT2D eigenvalue weighted by atomic mass is 10.0. The molecule has 0 atom stereocenters. The minimum atomic E-state index is -4.37. The largest absolute Gasteiger partial charge is 0.416 e. The van der Waals surface area contributed by atoms with Crippen molar-refractivity contribution in [1.82, 2.24) is 4.98 Å². The Morgan fingerprint density at radius 3 is 2.58 bits per heavy atom. The first-order valence-corrected chi connectivity index (χ1v) is 8.87. The van der Waals surface area contributed by atoms with E-state index in [0.717, 1.165) is 26.6 Å². The van der Waals surface area contributed by atoms with Crippen molar-refractivity contribution in [3.63, 3.8) is 0 Å². The number of benzene rings is 2. The summed E-state index contributed by atoms with van der Waals surface area (Å²) >= 11 is 8.68. The molecule has 0 spiro atoms. The van der Waals surface area contributed by atoms with Crippen molar-refractivity contribution < 1.29 is 13.2 Å². The summed E-state index contributed by atoms with van der Waals surface area (Å²) in [6.45, 7) is 0. The summed E-state index contributed by atoms with van der Waals surface area (Å²) in [5, 5.41) is 1.82. The summed E-state index contributed by atoms with van der Waals surface area (Å²) in [6, 6.07) is 10.9. The molecule has 0 saturated heterocycles. The smallest absolute Gasteiger partial charge is 0.258 e. The monoisotopic (exact) mass is 474 g/mol. The van der Waals surface area contributed by atoms with Gasteiger partial charge >= 0.3 is 6.18 Å². The Morgan fingerprint density at radius 1 is 1.12 bits per heavy atom. The number of aromatic nitrogens is 1. The molecule has 3 rings (SSSR count). The quantitative estimate of drug-likeness (QED) is 0.380. The Bertz CT molecular complexity index is 928. The van der Waals surface area contributed by atoms with Crippen LogP contribution in [0.15, 0.2) is 42.5 Å². The lowest BCUT2D eigenvalue weighted by molar-refractivity contribution is -0.137. The fourth-order valence-corrected chi connectivity index (χ4v) is 3.67. The van der Waals surface area contributed by atoms with E-state index in [1.807, 2.05) is 18.2 Å². The molecule has 7 heteroatoms. The first-order valence-electron chi connectivity index (χ1n) is 6.91. The number of hydrogen-bond donors (Lipinski definition) is 0. The van der Waals surface area contributed by atoms with Crippen LogP contribution in [0.2, 0.25) is 5.02 Å². The summed E-state index contributed by atoms with van der Waals surface area (Å²) in [5.74, 6) is 0. The van der Waals surface area contributed by atoms with Gasteiger partial charge in [0.2, 0.25) is 0 Å². The molecule has 2 aromatic carbocycles. The first-order chi connectivity index (χ1) is 11.3. The van der Waals surface area contributed by atoms with Crippen LogP contribution < -0.4 is 5.32 Å². The van der Waals surface area contributed by atoms with Crippen LogP contribution in [0.25, 0.3) is 10.9 Å². The molecule has 0 amide bonds. The highest BCUT2D eigenvalue weighted by molar-refractivity contribution is 14.1. The molecule has 0 aliphatic heterocycles. The number of hydrogen-bond acceptors (Lipinski definition) is 1. The van der Waals surface area contributed by atoms with Crippen molar-refractivity contribution in [2.75, 3.05) is 0 Å². The third-order valence-electron chi connectivity index (χ3n) is 3.61. The molecule has 0 N–H and O–H groups in total. The molecule has 0 aliphatic carbocycles. The Balaban J connectivity index is 2.07. The third-order valence-corrected chi connectivity index (χ3v) is 5.13. The van der Waals surface area contributed by atoms with Crippen LogP contribution in [-0.2, 0) is 12.6 Å². The highest BCUT2D eigenvalue weighted by Gasteiger charge is 2.30. The van der Waals surface area contributed by atoms with E-state index in [1.54, 1.807) is 6.07 Å². The van der Waals surface area contributed by atoms with Gasteiger partial charge < -0.3 is 0 Å². The second-order valence-corrected chi connectivity index (χ2v) is 7.39. The van der Waals surface area contributed by atoms with Crippen molar-refractivity contribution in [1.29, 1.82) is 0 Å². The highest BCUT2D eigenvalue weighted by Crippen LogP contribution is 2.31. The molecular weight excluding hydrogens is 466 g/mol. The summed E-state index contributed by atoms with van der Waals surface area (Å²) in [6.07, 6.45) is -4.11. The molecular formula is C17H9ClF3INSi. The van der Waals surface area contributed by atoms with E-state index in [2.05, 4.69) is 37.8 Å². The SMILES string of the molecule is FC(F)(F)c1cccc(Cc2c([Si])nc3ccc(I)cc3c2Cl)c1. The van der Waals surface area contributed by atoms with Gasteiger partial charge in [0.25, 0.3) is 0 Å². The molecule has 1 heterocycles. The Labute approximate surface area is 158 Å². The zero-order valence-corrected chi connectivity index (χ0v) is 16.0. The number of rotatable bonds is 2. The van der Waals surface area contributed by atoms with E-state index in [4.69, 9.17) is 11.6 Å². The standard InChI is InChI=1S/C17H9ClF3INSi/c18-15-12-8-11(22)4-5-14(12)23-16(24)13(15)7-9-2-1-3-10(6-9)17(19,20)21/h1-6,8H,7H2. The van der Waals surface area contributed by atoms with Crippen LogP contribution in [0, 0.1) is 3.57 Å². The lowest BCUT2D eigenvalue weighted by Gasteiger charge is -2.13. The maximum atomic E-state index is 12.9. The average molecular weight is 475 g/mol. The van der Waals surface area contributed by atoms with Crippen molar-refractivity contribution in [2.45, 2.75) is 12.6 Å². The molecule has 1 nitrogen and oxygen atoms in total. The lowest BCUT2D eigenvalue weighted by Crippen LogP contribution is -2.17. The normalized spacial score (nSPS) is 11.9. The maximum absolute atomic E-state index is 12.9. The molecule has 0 aliphatic rings. The van der Waals surface area contributed by atoms with Gasteiger partial charge in [-0.3, -0.25) is 4.98 Å². The van der Waals surface area contributed by atoms with Crippen LogP contribution in [0.1, 0.15) is 16.7 Å². The van der Waals surface area contributed by atoms with Gasteiger partial charge in [0, 0.05) is 20.7 Å². The van der Waals surface area contributed by atoms with E-state index in [1.165, 1.54) is 6.07 Å². The molecule has 24 heavy (non-hydrogen) atoms. The van der Waals surface area contributed by atoms with Gasteiger partial charge in [-0.25, -0.2) is 0 Å². The Morgan fingerprint density at radius 2 is 1.88 bits per heavy atom. The fourth-order valence-electron chi connectivity index (χ4n) is 2.46. The number of fused-ring (bicyclic) bond motifs is 1. The molecule has 1 aromatic heterocycles. The second kappa shape index (κ2) is 6.65. The molecule has 121 valence electrons. The Hall–Kier alpha value is -1.12. The minimum Gasteiger partial charge on any atom is -0.258 e. The van der Waals surface area contributed by atoms with Gasteiger partial charge in [-0.2, -0.15) is 13.2 Å². The first kappa shape index (κ1) is 17.7. The fraction of sp³-hybridized carbons (Fsp3) is 0.118. The summed E-state index contributed by atoms with van der Waals surface area (Å²) in [7, 11) is 3.44. The maximum Gasteiger partial charge on any atom is 0.416 e. The number of pyridine rings is 1. The van der Waals surface area contributed by atoms with Crippen LogP contribution in [0.3, 0.4) is 0 Å². The van der Waals surface area contributed by atoms with Gasteiger partial charge in [0.15, 0.2) is 0 Å². The predicted octanol–water partition coefficient (Wildman–Crippen LogP) is 4.90. The number of nitrogens with zero attached hydrogens (tertiary/aromatic N) is 1. The van der Waals surface area contributed by atoms with Crippen LogP contribution >= 0.6 is 34.2 Å². The van der Waals surface area contributed by atoms with Gasteiger partial charge in [-0.05, 0) is 58.0 Å². The van der Waals surface area contributed by atoms with E-state index in [9.17, 15) is 13.2 Å². The molecule has 0 fully saturated rings. The van der Waals surface area contributed by atoms with E-state index < -0.39 is 11.7 Å². The minimum absolute atomic E-state index is 0.260. The molecule has 3 aromatic rings. The zero-order chi connectivity index (χ0) is 17.5. The van der Waals surface area contributed by atoms with Crippen LogP contribution in [0.5, 0.6) is 0 Å². The highest BCUT2D eigenvalue weighted by atomic mass is 127. The summed E-state index contributed by atoms with van der Waals surface area (Å²) < 4.78 is 39.6. The summed E-state index contributed by atoms with van der Waals surface area (Å²) in [4.78, 5) is 4.45. The number of halogens is 5. The van der Waals surface area contributed by atoms with E-state index >= 15 is 0 Å². The Kier molecular flexibility index (Phi) is 4.90.